The molecule has 0 spiro atoms. The minimum atomic E-state index is -0.0625. The summed E-state index contributed by atoms with van der Waals surface area (Å²) < 4.78 is 9.34. The van der Waals surface area contributed by atoms with Crippen LogP contribution in [0.2, 0.25) is 0 Å². The zero-order chi connectivity index (χ0) is 40.3. The molecule has 5 nitrogen and oxygen atoms in total. The van der Waals surface area contributed by atoms with Crippen molar-refractivity contribution in [3.8, 4) is 17.3 Å². The molecule has 5 heteroatoms. The van der Waals surface area contributed by atoms with E-state index in [0.29, 0.717) is 11.8 Å². The van der Waals surface area contributed by atoms with Crippen LogP contribution in [-0.2, 0) is 10.8 Å². The van der Waals surface area contributed by atoms with E-state index in [2.05, 4.69) is 188 Å². The van der Waals surface area contributed by atoms with Crippen LogP contribution in [0.4, 0.5) is 17.1 Å². The number of aromatic nitrogens is 2. The normalized spacial score (nSPS) is 23.3. The number of hydrogen-bond acceptors (Lipinski definition) is 4. The van der Waals surface area contributed by atoms with E-state index in [1.807, 2.05) is 0 Å². The van der Waals surface area contributed by atoms with Crippen molar-refractivity contribution in [3.05, 3.63) is 162 Å². The van der Waals surface area contributed by atoms with Crippen molar-refractivity contribution >= 4 is 49.6 Å². The number of hydrogen-bond donors (Lipinski definition) is 0. The molecule has 8 aromatic rings. The summed E-state index contributed by atoms with van der Waals surface area (Å²) in [7, 11) is 2.16. The van der Waals surface area contributed by atoms with E-state index in [1.54, 1.807) is 0 Å². The summed E-state index contributed by atoms with van der Waals surface area (Å²) >= 11 is 0. The lowest BCUT2D eigenvalue weighted by Gasteiger charge is -2.62. The fourth-order valence-electron chi connectivity index (χ4n) is 12.6. The number of nitrogens with zero attached hydrogens (tertiary/aromatic N) is 4. The minimum absolute atomic E-state index is 0.0561. The maximum atomic E-state index is 6.95. The molecule has 13 rings (SSSR count). The number of benzene rings is 6. The Balaban J connectivity index is 1.000. The van der Waals surface area contributed by atoms with E-state index in [-0.39, 0.29) is 10.8 Å². The largest absolute Gasteiger partial charge is 0.457 e. The molecule has 3 heterocycles. The summed E-state index contributed by atoms with van der Waals surface area (Å²) in [5.41, 5.74) is 9.92. The van der Waals surface area contributed by atoms with Crippen LogP contribution in [0, 0.1) is 23.7 Å². The molecule has 4 bridgehead atoms. The summed E-state index contributed by atoms with van der Waals surface area (Å²) in [6.45, 7) is 7.62. The fourth-order valence-corrected chi connectivity index (χ4v) is 12.6. The highest BCUT2D eigenvalue weighted by molar-refractivity contribution is 6.09. The third-order valence-electron chi connectivity index (χ3n) is 15.0. The maximum absolute atomic E-state index is 6.95. The van der Waals surface area contributed by atoms with Gasteiger partial charge in [-0.15, -0.1) is 0 Å². The number of fused-ring (bicyclic) bond motifs is 5. The van der Waals surface area contributed by atoms with E-state index < -0.39 is 0 Å². The molecule has 0 atom stereocenters. The summed E-state index contributed by atoms with van der Waals surface area (Å²) in [4.78, 5) is 9.93. The van der Waals surface area contributed by atoms with Gasteiger partial charge < -0.3 is 14.5 Å². The zero-order valence-electron chi connectivity index (χ0n) is 35.1. The molecular formula is C55H52N4O. The molecule has 2 aromatic heterocycles. The van der Waals surface area contributed by atoms with E-state index in [0.717, 1.165) is 52.5 Å². The second-order valence-corrected chi connectivity index (χ2v) is 19.5. The lowest BCUT2D eigenvalue weighted by atomic mass is 9.42. The maximum Gasteiger partial charge on any atom is 0.137 e. The average molecular weight is 785 g/mol. The van der Waals surface area contributed by atoms with Crippen LogP contribution in [0.25, 0.3) is 38.4 Å². The molecule has 0 N–H and O–H groups in total. The Hall–Kier alpha value is -6.07. The van der Waals surface area contributed by atoms with E-state index in [4.69, 9.17) is 9.72 Å². The highest BCUT2D eigenvalue weighted by Gasteiger charge is 2.59. The SMILES string of the molecule is CN1CN(c2cc(Oc3ccc4c5ccccc5n(-c5cc(C6(c7cccc8ccccc78)C7CC8CC(C7)CC6C8)ccn5)c4c3)cc(C(C)(C)C)c2)c2ccccc21. The predicted octanol–water partition coefficient (Wildman–Crippen LogP) is 13.7. The lowest BCUT2D eigenvalue weighted by Crippen LogP contribution is -2.56. The van der Waals surface area contributed by atoms with Gasteiger partial charge in [0.2, 0.25) is 0 Å². The molecule has 0 unspecified atom stereocenters. The van der Waals surface area contributed by atoms with Crippen molar-refractivity contribution in [1.82, 2.24) is 9.55 Å². The highest BCUT2D eigenvalue weighted by atomic mass is 16.5. The van der Waals surface area contributed by atoms with E-state index >= 15 is 0 Å². The zero-order valence-corrected chi connectivity index (χ0v) is 35.1. The molecule has 0 radical (unpaired) electrons. The standard InChI is InChI=1S/C55H52N4O/c1-54(2,3)39-29-42(58-34-57(4)50-18-9-10-19-51(50)58)32-44(30-39)60-43-20-21-47-46-15-7-8-17-49(46)59(52(47)33-43)53-31-38(22-23-56-53)55(40-25-35-24-36(27-40)28-41(55)26-35)48-16-11-13-37-12-5-6-14-45(37)48/h5-23,29-33,35-36,40-41H,24-28,34H2,1-4H3. The first kappa shape index (κ1) is 35.8. The van der Waals surface area contributed by atoms with Gasteiger partial charge in [-0.2, -0.15) is 0 Å². The monoisotopic (exact) mass is 784 g/mol. The second-order valence-electron chi connectivity index (χ2n) is 19.5. The van der Waals surface area contributed by atoms with E-state index in [9.17, 15) is 0 Å². The molecule has 4 fully saturated rings. The van der Waals surface area contributed by atoms with Gasteiger partial charge in [-0.1, -0.05) is 93.6 Å². The van der Waals surface area contributed by atoms with Crippen molar-refractivity contribution in [2.75, 3.05) is 23.5 Å². The first-order valence-electron chi connectivity index (χ1n) is 22.1. The Bertz CT molecular complexity index is 2960. The van der Waals surface area contributed by atoms with Crippen molar-refractivity contribution in [2.45, 2.75) is 63.7 Å². The van der Waals surface area contributed by atoms with Crippen LogP contribution >= 0.6 is 0 Å². The smallest absolute Gasteiger partial charge is 0.137 e. The summed E-state index contributed by atoms with van der Waals surface area (Å²) in [5, 5.41) is 5.16. The molecule has 5 aliphatic rings. The van der Waals surface area contributed by atoms with Crippen molar-refractivity contribution in [2.24, 2.45) is 23.7 Å². The molecule has 4 aliphatic carbocycles. The summed E-state index contributed by atoms with van der Waals surface area (Å²) in [6, 6.07) is 51.8. The van der Waals surface area contributed by atoms with E-state index in [1.165, 1.54) is 81.7 Å². The molecular weight excluding hydrogens is 733 g/mol. The molecule has 0 saturated heterocycles. The van der Waals surface area contributed by atoms with Gasteiger partial charge in [0.25, 0.3) is 0 Å². The topological polar surface area (TPSA) is 33.5 Å². The number of anilines is 3. The van der Waals surface area contributed by atoms with Crippen LogP contribution in [-0.4, -0.2) is 23.3 Å². The fraction of sp³-hybridized carbons (Fsp3) is 0.291. The molecule has 60 heavy (non-hydrogen) atoms. The van der Waals surface area contributed by atoms with Gasteiger partial charge in [0, 0.05) is 47.3 Å². The first-order chi connectivity index (χ1) is 29.2. The molecule has 298 valence electrons. The Labute approximate surface area is 353 Å². The Morgan fingerprint density at radius 1 is 0.617 bits per heavy atom. The molecule has 6 aromatic carbocycles. The van der Waals surface area contributed by atoms with Gasteiger partial charge in [-0.25, -0.2) is 4.98 Å². The van der Waals surface area contributed by atoms with Gasteiger partial charge in [0.1, 0.15) is 17.3 Å². The Kier molecular flexibility index (Phi) is 7.89. The van der Waals surface area contributed by atoms with Crippen LogP contribution in [0.5, 0.6) is 11.5 Å². The number of rotatable bonds is 6. The summed E-state index contributed by atoms with van der Waals surface area (Å²) in [6.07, 6.45) is 8.81. The van der Waals surface area contributed by atoms with Gasteiger partial charge in [-0.05, 0) is 143 Å². The molecule has 4 saturated carbocycles. The molecule has 0 amide bonds. The predicted molar refractivity (Wildman–Crippen MR) is 247 cm³/mol. The average Bonchev–Trinajstić information content (AvgIpc) is 3.77. The van der Waals surface area contributed by atoms with Crippen LogP contribution < -0.4 is 14.5 Å². The van der Waals surface area contributed by atoms with Gasteiger partial charge >= 0.3 is 0 Å². The van der Waals surface area contributed by atoms with Crippen LogP contribution in [0.3, 0.4) is 0 Å². The van der Waals surface area contributed by atoms with Crippen molar-refractivity contribution < 1.29 is 4.74 Å². The summed E-state index contributed by atoms with van der Waals surface area (Å²) in [5.74, 6) is 5.59. The quantitative estimate of drug-likeness (QED) is 0.168. The third kappa shape index (κ3) is 5.40. The number of para-hydroxylation sites is 3. The third-order valence-corrected chi connectivity index (χ3v) is 15.0. The Morgan fingerprint density at radius 2 is 1.32 bits per heavy atom. The first-order valence-corrected chi connectivity index (χ1v) is 22.1. The Morgan fingerprint density at radius 3 is 2.12 bits per heavy atom. The van der Waals surface area contributed by atoms with Crippen molar-refractivity contribution in [1.29, 1.82) is 0 Å². The lowest BCUT2D eigenvalue weighted by molar-refractivity contribution is -0.0412. The van der Waals surface area contributed by atoms with Gasteiger partial charge in [0.15, 0.2) is 0 Å². The number of ether oxygens (including phenoxy) is 1. The van der Waals surface area contributed by atoms with Crippen LogP contribution in [0.15, 0.2) is 146 Å². The second kappa shape index (κ2) is 13.2. The van der Waals surface area contributed by atoms with Crippen LogP contribution in [0.1, 0.15) is 69.6 Å². The van der Waals surface area contributed by atoms with Crippen molar-refractivity contribution in [3.63, 3.8) is 0 Å². The van der Waals surface area contributed by atoms with Gasteiger partial charge in [-0.3, -0.25) is 4.57 Å². The van der Waals surface area contributed by atoms with Gasteiger partial charge in [0.05, 0.1) is 29.1 Å². The highest BCUT2D eigenvalue weighted by Crippen LogP contribution is 2.66. The molecule has 1 aliphatic heterocycles. The minimum Gasteiger partial charge on any atom is -0.457 e. The number of pyridine rings is 1.